The highest BCUT2D eigenvalue weighted by atomic mass is 35.5. The molecule has 1 aliphatic rings. The fraction of sp³-hybridized carbons (Fsp3) is 0.333. The van der Waals surface area contributed by atoms with Gasteiger partial charge in [-0.3, -0.25) is 9.69 Å². The van der Waals surface area contributed by atoms with E-state index in [9.17, 15) is 4.79 Å². The summed E-state index contributed by atoms with van der Waals surface area (Å²) in [6, 6.07) is 19.2. The molecule has 0 aliphatic carbocycles. The lowest BCUT2D eigenvalue weighted by Crippen LogP contribution is -2.49. The molecule has 1 saturated heterocycles. The number of amides is 1. The molecule has 5 nitrogen and oxygen atoms in total. The van der Waals surface area contributed by atoms with Gasteiger partial charge in [0.2, 0.25) is 5.91 Å². The van der Waals surface area contributed by atoms with E-state index in [4.69, 9.17) is 27.9 Å². The second-order valence-corrected chi connectivity index (χ2v) is 9.55. The molecule has 4 rings (SSSR count). The number of hydrogen-bond acceptors (Lipinski definition) is 3. The van der Waals surface area contributed by atoms with Gasteiger partial charge in [0.15, 0.2) is 12.4 Å². The topological polar surface area (TPSA) is 55.7 Å². The van der Waals surface area contributed by atoms with Crippen LogP contribution in [0.2, 0.25) is 10.0 Å². The average molecular weight is 499 g/mol. The van der Waals surface area contributed by atoms with Crippen molar-refractivity contribution in [1.82, 2.24) is 10.2 Å². The summed E-state index contributed by atoms with van der Waals surface area (Å²) in [5, 5.41) is 4.73. The Hall–Kier alpha value is -2.44. The summed E-state index contributed by atoms with van der Waals surface area (Å²) in [4.78, 5) is 19.0. The zero-order chi connectivity index (χ0) is 23.9. The first kappa shape index (κ1) is 24.7. The van der Waals surface area contributed by atoms with Gasteiger partial charge < -0.3 is 10.1 Å². The van der Waals surface area contributed by atoms with Gasteiger partial charge in [0.1, 0.15) is 6.04 Å². The molecule has 0 bridgehead atoms. The van der Waals surface area contributed by atoms with E-state index >= 15 is 0 Å². The van der Waals surface area contributed by atoms with Crippen molar-refractivity contribution >= 4 is 29.1 Å². The van der Waals surface area contributed by atoms with Crippen molar-refractivity contribution in [3.05, 3.63) is 99.8 Å². The monoisotopic (exact) mass is 498 g/mol. The van der Waals surface area contributed by atoms with Crippen LogP contribution < -0.4 is 10.3 Å². The molecule has 2 heterocycles. The quantitative estimate of drug-likeness (QED) is 0.489. The number of ether oxygens (including phenoxy) is 1. The largest absolute Gasteiger partial charge is 0.379 e. The average Bonchev–Trinajstić information content (AvgIpc) is 2.86. The Morgan fingerprint density at radius 3 is 2.26 bits per heavy atom. The highest BCUT2D eigenvalue weighted by Crippen LogP contribution is 2.28. The third kappa shape index (κ3) is 6.36. The van der Waals surface area contributed by atoms with Crippen molar-refractivity contribution < 1.29 is 14.5 Å². The van der Waals surface area contributed by atoms with Crippen molar-refractivity contribution in [3.63, 3.8) is 0 Å². The predicted octanol–water partition coefficient (Wildman–Crippen LogP) is 4.71. The van der Waals surface area contributed by atoms with Crippen LogP contribution in [0.3, 0.4) is 0 Å². The minimum Gasteiger partial charge on any atom is -0.379 e. The standard InChI is InChI=1S/C27H29Cl2N3O2/c1-19(25(21-6-10-24(29)11-7-21)17-20-4-8-23(28)9-5-20)31-27(33)26(22-3-2-12-30-18-22)32-13-15-34-16-14-32/h2-12,18-19,25-26H,13-17H2,1H3,(H,31,33)/p+1/t19-,25+,26?/m1/s1. The van der Waals surface area contributed by atoms with Gasteiger partial charge in [-0.25, -0.2) is 4.98 Å². The SMILES string of the molecule is C[C@@H](NC(=O)C(c1ccc[nH+]c1)N1CCOCC1)[C@H](Cc1ccc(Cl)cc1)c1ccc(Cl)cc1. The number of rotatable bonds is 8. The van der Waals surface area contributed by atoms with Gasteiger partial charge in [-0.1, -0.05) is 47.5 Å². The number of carbonyl (C=O) groups is 1. The summed E-state index contributed by atoms with van der Waals surface area (Å²) in [5.74, 6) is 0.0548. The van der Waals surface area contributed by atoms with Crippen LogP contribution in [0.5, 0.6) is 0 Å². The van der Waals surface area contributed by atoms with Crippen LogP contribution in [-0.2, 0) is 16.0 Å². The maximum atomic E-state index is 13.7. The molecule has 1 aliphatic heterocycles. The third-order valence-electron chi connectivity index (χ3n) is 6.35. The molecule has 0 saturated carbocycles. The van der Waals surface area contributed by atoms with Gasteiger partial charge >= 0.3 is 0 Å². The number of benzene rings is 2. The number of aromatic nitrogens is 1. The summed E-state index contributed by atoms with van der Waals surface area (Å²) in [6.45, 7) is 4.75. The predicted molar refractivity (Wildman–Crippen MR) is 135 cm³/mol. The number of halogens is 2. The molecule has 3 atom stereocenters. The first-order chi connectivity index (χ1) is 16.5. The molecular weight excluding hydrogens is 469 g/mol. The van der Waals surface area contributed by atoms with Crippen molar-refractivity contribution in [2.75, 3.05) is 26.3 Å². The lowest BCUT2D eigenvalue weighted by atomic mass is 9.86. The Morgan fingerprint density at radius 2 is 1.65 bits per heavy atom. The van der Waals surface area contributed by atoms with Gasteiger partial charge in [0.25, 0.3) is 0 Å². The van der Waals surface area contributed by atoms with Crippen LogP contribution in [0, 0.1) is 0 Å². The molecular formula is C27H30Cl2N3O2+. The number of carbonyl (C=O) groups excluding carboxylic acids is 1. The minimum atomic E-state index is -0.384. The number of aromatic amines is 1. The lowest BCUT2D eigenvalue weighted by Gasteiger charge is -2.35. The lowest BCUT2D eigenvalue weighted by molar-refractivity contribution is -0.379. The van der Waals surface area contributed by atoms with Gasteiger partial charge in [-0.15, -0.1) is 0 Å². The number of morpholine rings is 1. The number of nitrogens with one attached hydrogen (secondary N) is 2. The van der Waals surface area contributed by atoms with E-state index in [1.807, 2.05) is 73.1 Å². The van der Waals surface area contributed by atoms with E-state index in [-0.39, 0.29) is 23.9 Å². The van der Waals surface area contributed by atoms with Gasteiger partial charge in [0, 0.05) is 46.7 Å². The van der Waals surface area contributed by atoms with Gasteiger partial charge in [0.05, 0.1) is 13.2 Å². The maximum Gasteiger partial charge on any atom is 0.242 e. The summed E-state index contributed by atoms with van der Waals surface area (Å²) in [6.07, 6.45) is 4.51. The Balaban J connectivity index is 1.58. The van der Waals surface area contributed by atoms with E-state index in [0.717, 1.165) is 23.1 Å². The van der Waals surface area contributed by atoms with Crippen LogP contribution in [0.25, 0.3) is 0 Å². The van der Waals surface area contributed by atoms with Crippen LogP contribution >= 0.6 is 23.2 Å². The minimum absolute atomic E-state index is 0.0101. The van der Waals surface area contributed by atoms with Crippen molar-refractivity contribution in [3.8, 4) is 0 Å². The molecule has 0 spiro atoms. The smallest absolute Gasteiger partial charge is 0.242 e. The first-order valence-corrected chi connectivity index (χ1v) is 12.3. The van der Waals surface area contributed by atoms with E-state index in [1.54, 1.807) is 0 Å². The molecule has 34 heavy (non-hydrogen) atoms. The van der Waals surface area contributed by atoms with Crippen LogP contribution in [0.4, 0.5) is 0 Å². The highest BCUT2D eigenvalue weighted by molar-refractivity contribution is 6.30. The van der Waals surface area contributed by atoms with Crippen molar-refractivity contribution in [1.29, 1.82) is 0 Å². The summed E-state index contributed by atoms with van der Waals surface area (Å²) in [5.41, 5.74) is 3.23. The van der Waals surface area contributed by atoms with E-state index in [0.29, 0.717) is 36.3 Å². The number of H-pyrrole nitrogens is 1. The normalized spacial score (nSPS) is 17.0. The Bertz CT molecular complexity index is 1060. The number of hydrogen-bond donors (Lipinski definition) is 1. The molecule has 7 heteroatoms. The van der Waals surface area contributed by atoms with Crippen LogP contribution in [0.1, 0.15) is 35.6 Å². The molecule has 1 fully saturated rings. The van der Waals surface area contributed by atoms with Crippen LogP contribution in [-0.4, -0.2) is 43.2 Å². The van der Waals surface area contributed by atoms with Gasteiger partial charge in [-0.05, 0) is 54.8 Å². The maximum absolute atomic E-state index is 13.7. The molecule has 2 N–H and O–H groups in total. The summed E-state index contributed by atoms with van der Waals surface area (Å²) < 4.78 is 5.53. The zero-order valence-electron chi connectivity index (χ0n) is 19.2. The zero-order valence-corrected chi connectivity index (χ0v) is 20.7. The molecule has 1 unspecified atom stereocenters. The summed E-state index contributed by atoms with van der Waals surface area (Å²) >= 11 is 12.2. The van der Waals surface area contributed by atoms with Crippen LogP contribution in [0.15, 0.2) is 73.1 Å². The van der Waals surface area contributed by atoms with Crippen molar-refractivity contribution in [2.24, 2.45) is 0 Å². The molecule has 3 aromatic rings. The molecule has 0 radical (unpaired) electrons. The van der Waals surface area contributed by atoms with E-state index < -0.39 is 0 Å². The molecule has 1 amide bonds. The Morgan fingerprint density at radius 1 is 1.00 bits per heavy atom. The number of nitrogens with zero attached hydrogens (tertiary/aromatic N) is 1. The molecule has 178 valence electrons. The van der Waals surface area contributed by atoms with Crippen molar-refractivity contribution in [2.45, 2.75) is 31.3 Å². The summed E-state index contributed by atoms with van der Waals surface area (Å²) in [7, 11) is 0. The fourth-order valence-corrected chi connectivity index (χ4v) is 4.76. The Labute approximate surface area is 211 Å². The third-order valence-corrected chi connectivity index (χ3v) is 6.85. The highest BCUT2D eigenvalue weighted by Gasteiger charge is 2.32. The van der Waals surface area contributed by atoms with E-state index in [1.165, 1.54) is 0 Å². The molecule has 2 aromatic carbocycles. The van der Waals surface area contributed by atoms with E-state index in [2.05, 4.69) is 22.1 Å². The number of pyridine rings is 1. The molecule has 1 aromatic heterocycles. The Kier molecular flexibility index (Phi) is 8.57. The van der Waals surface area contributed by atoms with Gasteiger partial charge in [-0.2, -0.15) is 0 Å². The first-order valence-electron chi connectivity index (χ1n) is 11.6. The second-order valence-electron chi connectivity index (χ2n) is 8.67. The second kappa shape index (κ2) is 11.8. The fourth-order valence-electron chi connectivity index (χ4n) is 4.51.